The molecule has 1 aromatic rings. The molecule has 1 aromatic carbocycles. The van der Waals surface area contributed by atoms with E-state index in [4.69, 9.17) is 0 Å². The predicted molar refractivity (Wildman–Crippen MR) is 42.9 cm³/mol. The molecule has 1 rings (SSSR count). The Labute approximate surface area is 105 Å². The number of rotatable bonds is 1. The Morgan fingerprint density at radius 2 is 1.92 bits per heavy atom. The summed E-state index contributed by atoms with van der Waals surface area (Å²) in [6, 6.07) is 8.34. The van der Waals surface area contributed by atoms with Gasteiger partial charge in [-0.25, -0.2) is 0 Å². The summed E-state index contributed by atoms with van der Waals surface area (Å²) in [7, 11) is 0. The van der Waals surface area contributed by atoms with Gasteiger partial charge in [0.05, 0.1) is 0 Å². The quantitative estimate of drug-likeness (QED) is 0.388. The van der Waals surface area contributed by atoms with Crippen molar-refractivity contribution in [1.82, 2.24) is 0 Å². The van der Waals surface area contributed by atoms with Crippen molar-refractivity contribution in [2.75, 3.05) is 0 Å². The van der Waals surface area contributed by atoms with E-state index in [0.29, 0.717) is 0 Å². The van der Waals surface area contributed by atoms with Crippen LogP contribution in [-0.2, 0) is 0 Å². The Morgan fingerprint density at radius 1 is 1.31 bits per heavy atom. The monoisotopic (exact) mass is 280 g/mol. The van der Waals surface area contributed by atoms with Crippen molar-refractivity contribution in [3.8, 4) is 0 Å². The Balaban J connectivity index is 0. The van der Waals surface area contributed by atoms with Crippen LogP contribution in [0.15, 0.2) is 29.2 Å². The van der Waals surface area contributed by atoms with Crippen LogP contribution in [0.1, 0.15) is 0 Å². The Bertz CT molecular complexity index is 227. The van der Waals surface area contributed by atoms with Crippen LogP contribution in [0.3, 0.4) is 0 Å². The minimum atomic E-state index is -4.20. The number of thioether (sulfide) groups is 1. The van der Waals surface area contributed by atoms with Gasteiger partial charge in [-0.05, 0) is 0 Å². The van der Waals surface area contributed by atoms with E-state index < -0.39 is 5.51 Å². The molecule has 0 nitrogen and oxygen atoms in total. The summed E-state index contributed by atoms with van der Waals surface area (Å²) in [4.78, 5) is 0.167. The molecular formula is C7H4BrF3MgS. The van der Waals surface area contributed by atoms with E-state index in [9.17, 15) is 13.2 Å². The van der Waals surface area contributed by atoms with E-state index in [1.165, 1.54) is 18.2 Å². The van der Waals surface area contributed by atoms with Crippen LogP contribution in [0.25, 0.3) is 0 Å². The summed E-state index contributed by atoms with van der Waals surface area (Å²) in [5.41, 5.74) is -4.20. The fraction of sp³-hybridized carbons (Fsp3) is 0.143. The minimum absolute atomic E-state index is 0. The molecule has 6 heteroatoms. The molecule has 0 spiro atoms. The molecule has 0 amide bonds. The van der Waals surface area contributed by atoms with Gasteiger partial charge in [0.15, 0.2) is 0 Å². The fourth-order valence-corrected chi connectivity index (χ4v) is 1.11. The molecule has 0 atom stereocenters. The van der Waals surface area contributed by atoms with E-state index in [0.717, 1.165) is 0 Å². The number of benzene rings is 1. The standard InChI is InChI=1S/C7H4F3S.BrH.Mg/c8-7(9,10)11-6-4-2-1-3-5-6;;/h1-2,4-5H;1H;/q-1;;+2/p-1. The van der Waals surface area contributed by atoms with Crippen LogP contribution in [0, 0.1) is 6.07 Å². The molecule has 0 N–H and O–H groups in total. The molecule has 0 aromatic heterocycles. The Morgan fingerprint density at radius 3 is 2.31 bits per heavy atom. The van der Waals surface area contributed by atoms with Gasteiger partial charge in [-0.3, -0.25) is 0 Å². The molecule has 0 aliphatic rings. The van der Waals surface area contributed by atoms with Gasteiger partial charge in [0, 0.05) is 0 Å². The number of hydrogen-bond acceptors (Lipinski definition) is 1. The van der Waals surface area contributed by atoms with Gasteiger partial charge in [0.2, 0.25) is 0 Å². The van der Waals surface area contributed by atoms with Gasteiger partial charge in [0.25, 0.3) is 0 Å². The number of hydrogen-bond donors (Lipinski definition) is 0. The smallest absolute Gasteiger partial charge is 1.00 e. The van der Waals surface area contributed by atoms with Crippen molar-refractivity contribution >= 4 is 34.8 Å². The second-order valence-corrected chi connectivity index (χ2v) is 2.93. The van der Waals surface area contributed by atoms with Crippen molar-refractivity contribution in [3.05, 3.63) is 30.3 Å². The molecule has 0 saturated carbocycles. The zero-order chi connectivity index (χ0) is 8.32. The van der Waals surface area contributed by atoms with Crippen molar-refractivity contribution < 1.29 is 30.2 Å². The summed E-state index contributed by atoms with van der Waals surface area (Å²) in [6.45, 7) is 0. The van der Waals surface area contributed by atoms with Crippen LogP contribution >= 0.6 is 11.8 Å². The van der Waals surface area contributed by atoms with Crippen LogP contribution in [0.4, 0.5) is 13.2 Å². The fourth-order valence-electron chi connectivity index (χ4n) is 0.574. The van der Waals surface area contributed by atoms with E-state index in [1.54, 1.807) is 6.07 Å². The first kappa shape index (κ1) is 16.1. The van der Waals surface area contributed by atoms with Gasteiger partial charge >= 0.3 is 28.6 Å². The number of alkyl halides is 3. The summed E-state index contributed by atoms with van der Waals surface area (Å²) < 4.78 is 35.1. The molecule has 0 aliphatic carbocycles. The third-order valence-electron chi connectivity index (χ3n) is 0.912. The van der Waals surface area contributed by atoms with Crippen molar-refractivity contribution in [2.24, 2.45) is 0 Å². The molecule has 0 aliphatic heterocycles. The number of halogens is 4. The maximum absolute atomic E-state index is 11.7. The molecule has 0 bridgehead atoms. The second-order valence-electron chi connectivity index (χ2n) is 1.79. The third kappa shape index (κ3) is 7.66. The molecule has 68 valence electrons. The van der Waals surface area contributed by atoms with Crippen molar-refractivity contribution in [3.63, 3.8) is 0 Å². The SMILES string of the molecule is FC(F)(F)Sc1c[c-]ccc1.[Br-].[Mg+2]. The first-order chi connectivity index (χ1) is 5.08. The molecule has 0 unspecified atom stereocenters. The van der Waals surface area contributed by atoms with Crippen molar-refractivity contribution in [1.29, 1.82) is 0 Å². The largest absolute Gasteiger partial charge is 2.00 e. The van der Waals surface area contributed by atoms with Gasteiger partial charge in [-0.15, -0.1) is 0 Å². The van der Waals surface area contributed by atoms with Crippen LogP contribution in [0.2, 0.25) is 0 Å². The minimum Gasteiger partial charge on any atom is -1.00 e. The third-order valence-corrected chi connectivity index (χ3v) is 1.63. The molecular weight excluding hydrogens is 277 g/mol. The van der Waals surface area contributed by atoms with Gasteiger partial charge in [-0.1, -0.05) is 16.7 Å². The molecule has 0 heterocycles. The summed E-state index contributed by atoms with van der Waals surface area (Å²) in [5.74, 6) is 0. The maximum Gasteiger partial charge on any atom is 2.00 e. The zero-order valence-electron chi connectivity index (χ0n) is 6.44. The average molecular weight is 281 g/mol. The average Bonchev–Trinajstić information content (AvgIpc) is 1.85. The first-order valence-corrected chi connectivity index (χ1v) is 3.61. The van der Waals surface area contributed by atoms with E-state index in [2.05, 4.69) is 6.07 Å². The van der Waals surface area contributed by atoms with Gasteiger partial charge in [0.1, 0.15) is 0 Å². The molecule has 0 radical (unpaired) electrons. The maximum atomic E-state index is 11.7. The van der Waals surface area contributed by atoms with Gasteiger partial charge in [-0.2, -0.15) is 43.5 Å². The van der Waals surface area contributed by atoms with Gasteiger partial charge < -0.3 is 17.0 Å². The molecule has 13 heavy (non-hydrogen) atoms. The Hall–Kier alpha value is 0.606. The summed E-state index contributed by atoms with van der Waals surface area (Å²) in [5, 5.41) is 0. The predicted octanol–water partition coefficient (Wildman–Crippen LogP) is -0.278. The molecule has 0 fully saturated rings. The zero-order valence-corrected chi connectivity index (χ0v) is 10.3. The summed E-state index contributed by atoms with van der Waals surface area (Å²) >= 11 is -0.131. The molecule has 0 saturated heterocycles. The summed E-state index contributed by atoms with van der Waals surface area (Å²) in [6.07, 6.45) is 0. The second kappa shape index (κ2) is 6.97. The normalized spacial score (nSPS) is 9.77. The van der Waals surface area contributed by atoms with E-state index in [-0.39, 0.29) is 56.7 Å². The van der Waals surface area contributed by atoms with Crippen LogP contribution in [-0.4, -0.2) is 28.6 Å². The topological polar surface area (TPSA) is 0 Å². The first-order valence-electron chi connectivity index (χ1n) is 2.80. The van der Waals surface area contributed by atoms with E-state index in [1.807, 2.05) is 0 Å². The van der Waals surface area contributed by atoms with Crippen LogP contribution < -0.4 is 17.0 Å². The van der Waals surface area contributed by atoms with E-state index >= 15 is 0 Å². The van der Waals surface area contributed by atoms with Crippen molar-refractivity contribution in [2.45, 2.75) is 10.4 Å². The Kier molecular flexibility index (Phi) is 8.61. The van der Waals surface area contributed by atoms with Crippen LogP contribution in [0.5, 0.6) is 0 Å².